The second kappa shape index (κ2) is 10.7. The molecule has 32 heavy (non-hydrogen) atoms. The number of fused-ring (bicyclic) bond motifs is 1. The maximum Gasteiger partial charge on any atom is 0.261 e. The SMILES string of the molecule is CCn1c(C(C)N(CCN(C)C)C(=O)CCc2ccccc2)nc2cc(Cl)ccc2c1=O. The molecule has 1 unspecified atom stereocenters. The van der Waals surface area contributed by atoms with Crippen molar-refractivity contribution < 1.29 is 4.79 Å². The van der Waals surface area contributed by atoms with Gasteiger partial charge in [-0.25, -0.2) is 4.98 Å². The van der Waals surface area contributed by atoms with E-state index in [0.717, 1.165) is 12.1 Å². The maximum atomic E-state index is 13.3. The summed E-state index contributed by atoms with van der Waals surface area (Å²) >= 11 is 6.15. The van der Waals surface area contributed by atoms with Gasteiger partial charge < -0.3 is 9.80 Å². The lowest BCUT2D eigenvalue weighted by atomic mass is 10.1. The van der Waals surface area contributed by atoms with Crippen LogP contribution in [0.2, 0.25) is 5.02 Å². The van der Waals surface area contributed by atoms with Gasteiger partial charge in [0.15, 0.2) is 0 Å². The lowest BCUT2D eigenvalue weighted by Crippen LogP contribution is -2.41. The third-order valence-corrected chi connectivity index (χ3v) is 5.92. The van der Waals surface area contributed by atoms with Crippen molar-refractivity contribution >= 4 is 28.4 Å². The van der Waals surface area contributed by atoms with Gasteiger partial charge in [-0.2, -0.15) is 0 Å². The highest BCUT2D eigenvalue weighted by Gasteiger charge is 2.26. The largest absolute Gasteiger partial charge is 0.331 e. The first-order valence-corrected chi connectivity index (χ1v) is 11.4. The van der Waals surface area contributed by atoms with Crippen LogP contribution in [0.4, 0.5) is 0 Å². The molecule has 1 atom stereocenters. The maximum absolute atomic E-state index is 13.3. The van der Waals surface area contributed by atoms with E-state index in [4.69, 9.17) is 16.6 Å². The van der Waals surface area contributed by atoms with Gasteiger partial charge in [-0.3, -0.25) is 14.2 Å². The molecule has 0 aliphatic carbocycles. The number of carbonyl (C=O) groups is 1. The number of carbonyl (C=O) groups excluding carboxylic acids is 1. The van der Waals surface area contributed by atoms with E-state index >= 15 is 0 Å². The van der Waals surface area contributed by atoms with Gasteiger partial charge >= 0.3 is 0 Å². The second-order valence-electron chi connectivity index (χ2n) is 8.23. The summed E-state index contributed by atoms with van der Waals surface area (Å²) < 4.78 is 1.66. The van der Waals surface area contributed by atoms with E-state index in [-0.39, 0.29) is 17.5 Å². The van der Waals surface area contributed by atoms with E-state index in [1.54, 1.807) is 22.8 Å². The zero-order chi connectivity index (χ0) is 23.3. The molecule has 1 heterocycles. The minimum absolute atomic E-state index is 0.0475. The summed E-state index contributed by atoms with van der Waals surface area (Å²) in [6.07, 6.45) is 1.07. The van der Waals surface area contributed by atoms with Gasteiger partial charge in [0.05, 0.1) is 16.9 Å². The lowest BCUT2D eigenvalue weighted by Gasteiger charge is -2.31. The van der Waals surface area contributed by atoms with Crippen molar-refractivity contribution in [3.05, 3.63) is 75.3 Å². The van der Waals surface area contributed by atoms with Crippen LogP contribution in [0.5, 0.6) is 0 Å². The summed E-state index contributed by atoms with van der Waals surface area (Å²) in [6, 6.07) is 14.8. The number of nitrogens with zero attached hydrogens (tertiary/aromatic N) is 4. The van der Waals surface area contributed by atoms with Crippen LogP contribution in [-0.4, -0.2) is 52.4 Å². The summed E-state index contributed by atoms with van der Waals surface area (Å²) in [7, 11) is 3.96. The van der Waals surface area contributed by atoms with Gasteiger partial charge in [0.2, 0.25) is 5.91 Å². The van der Waals surface area contributed by atoms with E-state index in [2.05, 4.69) is 0 Å². The van der Waals surface area contributed by atoms with Crippen LogP contribution in [-0.2, 0) is 17.8 Å². The molecule has 1 amide bonds. The van der Waals surface area contributed by atoms with Crippen molar-refractivity contribution in [2.75, 3.05) is 27.2 Å². The summed E-state index contributed by atoms with van der Waals surface area (Å²) in [5.74, 6) is 0.630. The van der Waals surface area contributed by atoms with Crippen LogP contribution in [0.1, 0.15) is 37.7 Å². The van der Waals surface area contributed by atoms with Crippen molar-refractivity contribution in [1.29, 1.82) is 0 Å². The molecule has 3 rings (SSSR count). The van der Waals surface area contributed by atoms with Gasteiger partial charge in [-0.05, 0) is 58.1 Å². The molecule has 170 valence electrons. The molecule has 0 fully saturated rings. The Morgan fingerprint density at radius 1 is 1.12 bits per heavy atom. The van der Waals surface area contributed by atoms with Gasteiger partial charge in [-0.15, -0.1) is 0 Å². The van der Waals surface area contributed by atoms with Gasteiger partial charge in [0, 0.05) is 31.1 Å². The molecule has 0 saturated heterocycles. The van der Waals surface area contributed by atoms with Gasteiger partial charge in [-0.1, -0.05) is 41.9 Å². The van der Waals surface area contributed by atoms with Crippen LogP contribution < -0.4 is 5.56 Å². The van der Waals surface area contributed by atoms with E-state index in [1.165, 1.54) is 0 Å². The summed E-state index contributed by atoms with van der Waals surface area (Å²) in [6.45, 7) is 5.61. The molecule has 1 aromatic heterocycles. The van der Waals surface area contributed by atoms with Crippen molar-refractivity contribution in [2.45, 2.75) is 39.3 Å². The molecular weight excluding hydrogens is 424 g/mol. The average molecular weight is 455 g/mol. The third-order valence-electron chi connectivity index (χ3n) is 5.68. The molecule has 0 N–H and O–H groups in total. The normalized spacial score (nSPS) is 12.3. The van der Waals surface area contributed by atoms with Crippen LogP contribution in [0.25, 0.3) is 10.9 Å². The Morgan fingerprint density at radius 2 is 1.84 bits per heavy atom. The van der Waals surface area contributed by atoms with Crippen LogP contribution in [0, 0.1) is 0 Å². The van der Waals surface area contributed by atoms with E-state index in [1.807, 2.05) is 68.1 Å². The second-order valence-corrected chi connectivity index (χ2v) is 8.67. The zero-order valence-corrected chi connectivity index (χ0v) is 20.0. The molecule has 0 aliphatic heterocycles. The van der Waals surface area contributed by atoms with Crippen molar-refractivity contribution in [3.8, 4) is 0 Å². The first-order chi connectivity index (χ1) is 15.3. The van der Waals surface area contributed by atoms with Crippen LogP contribution in [0.15, 0.2) is 53.3 Å². The predicted molar refractivity (Wildman–Crippen MR) is 130 cm³/mol. The Labute approximate surface area is 194 Å². The highest BCUT2D eigenvalue weighted by Crippen LogP contribution is 2.23. The molecule has 3 aromatic rings. The van der Waals surface area contributed by atoms with Crippen molar-refractivity contribution in [3.63, 3.8) is 0 Å². The lowest BCUT2D eigenvalue weighted by molar-refractivity contribution is -0.133. The monoisotopic (exact) mass is 454 g/mol. The number of rotatable bonds is 9. The summed E-state index contributed by atoms with van der Waals surface area (Å²) in [5.41, 5.74) is 1.57. The Hall–Kier alpha value is -2.70. The third kappa shape index (κ3) is 5.56. The summed E-state index contributed by atoms with van der Waals surface area (Å²) in [4.78, 5) is 35.1. The highest BCUT2D eigenvalue weighted by molar-refractivity contribution is 6.31. The smallest absolute Gasteiger partial charge is 0.261 e. The number of amides is 1. The predicted octanol–water partition coefficient (Wildman–Crippen LogP) is 4.15. The topological polar surface area (TPSA) is 58.4 Å². The molecule has 6 nitrogen and oxygen atoms in total. The number of aryl methyl sites for hydroxylation is 1. The number of aromatic nitrogens is 2. The van der Waals surface area contributed by atoms with Gasteiger partial charge in [0.1, 0.15) is 5.82 Å². The Morgan fingerprint density at radius 3 is 2.50 bits per heavy atom. The van der Waals surface area contributed by atoms with Crippen LogP contribution >= 0.6 is 11.6 Å². The number of hydrogen-bond acceptors (Lipinski definition) is 4. The van der Waals surface area contributed by atoms with Gasteiger partial charge in [0.25, 0.3) is 5.56 Å². The molecular formula is C25H31ClN4O2. The Balaban J connectivity index is 1.96. The van der Waals surface area contributed by atoms with Crippen molar-refractivity contribution in [1.82, 2.24) is 19.4 Å². The molecule has 0 saturated carbocycles. The molecule has 0 aliphatic rings. The molecule has 0 spiro atoms. The zero-order valence-electron chi connectivity index (χ0n) is 19.2. The Bertz CT molecular complexity index is 1130. The number of benzene rings is 2. The fourth-order valence-corrected chi connectivity index (χ4v) is 4.02. The average Bonchev–Trinajstić information content (AvgIpc) is 2.77. The molecule has 0 radical (unpaired) electrons. The quantitative estimate of drug-likeness (QED) is 0.487. The molecule has 2 aromatic carbocycles. The van der Waals surface area contributed by atoms with E-state index in [9.17, 15) is 9.59 Å². The number of halogens is 1. The van der Waals surface area contributed by atoms with E-state index < -0.39 is 0 Å². The number of likely N-dealkylation sites (N-methyl/N-ethyl adjacent to an activating group) is 1. The summed E-state index contributed by atoms with van der Waals surface area (Å²) in [5, 5.41) is 1.06. The first-order valence-electron chi connectivity index (χ1n) is 11.0. The first kappa shape index (κ1) is 24.0. The molecule has 7 heteroatoms. The Kier molecular flexibility index (Phi) is 8.04. The fraction of sp³-hybridized carbons (Fsp3) is 0.400. The van der Waals surface area contributed by atoms with E-state index in [0.29, 0.717) is 47.7 Å². The highest BCUT2D eigenvalue weighted by atomic mass is 35.5. The minimum atomic E-state index is -0.353. The minimum Gasteiger partial charge on any atom is -0.331 e. The number of hydrogen-bond donors (Lipinski definition) is 0. The fourth-order valence-electron chi connectivity index (χ4n) is 3.86. The van der Waals surface area contributed by atoms with Crippen LogP contribution in [0.3, 0.4) is 0 Å². The standard InChI is InChI=1S/C25H31ClN4O2/c1-5-29-24(27-22-17-20(26)12-13-21(22)25(29)32)18(2)30(16-15-28(3)4)23(31)14-11-19-9-7-6-8-10-19/h6-10,12-13,17-18H,5,11,14-16H2,1-4H3. The molecule has 0 bridgehead atoms. The van der Waals surface area contributed by atoms with Crippen molar-refractivity contribution in [2.24, 2.45) is 0 Å².